The summed E-state index contributed by atoms with van der Waals surface area (Å²) >= 11 is 0. The lowest BCUT2D eigenvalue weighted by molar-refractivity contribution is 0.669. The fourth-order valence-electron chi connectivity index (χ4n) is 7.49. The number of benzene rings is 8. The SMILES string of the molecule is c1ccc2c(N(c3ccc4c(c3)oc3ccccc34)c3c(-n4c5ccccc5c5ccccc54)ccc4ccccc34)cccc2c1. The second-order valence-corrected chi connectivity index (χ2v) is 12.1. The van der Waals surface area contributed by atoms with Crippen molar-refractivity contribution in [2.45, 2.75) is 0 Å². The Morgan fingerprint density at radius 3 is 1.74 bits per heavy atom. The van der Waals surface area contributed by atoms with Crippen molar-refractivity contribution in [2.24, 2.45) is 0 Å². The highest BCUT2D eigenvalue weighted by molar-refractivity contribution is 6.13. The zero-order valence-corrected chi connectivity index (χ0v) is 25.5. The Labute approximate surface area is 271 Å². The highest BCUT2D eigenvalue weighted by Gasteiger charge is 2.24. The van der Waals surface area contributed by atoms with Gasteiger partial charge in [0.05, 0.1) is 33.8 Å². The van der Waals surface area contributed by atoms with Crippen molar-refractivity contribution in [3.8, 4) is 5.69 Å². The van der Waals surface area contributed by atoms with Gasteiger partial charge in [-0.1, -0.05) is 121 Å². The lowest BCUT2D eigenvalue weighted by Gasteiger charge is -2.30. The van der Waals surface area contributed by atoms with E-state index in [-0.39, 0.29) is 0 Å². The summed E-state index contributed by atoms with van der Waals surface area (Å²) in [5.74, 6) is 0. The molecular weight excluding hydrogens is 572 g/mol. The minimum absolute atomic E-state index is 0.868. The smallest absolute Gasteiger partial charge is 0.137 e. The number of rotatable bonds is 4. The number of aromatic nitrogens is 1. The fraction of sp³-hybridized carbons (Fsp3) is 0. The molecule has 3 nitrogen and oxygen atoms in total. The van der Waals surface area contributed by atoms with Gasteiger partial charge in [-0.2, -0.15) is 0 Å². The Balaban J connectivity index is 1.37. The topological polar surface area (TPSA) is 21.3 Å². The molecule has 220 valence electrons. The lowest BCUT2D eigenvalue weighted by Crippen LogP contribution is -2.14. The molecule has 0 amide bonds. The molecule has 0 atom stereocenters. The second-order valence-electron chi connectivity index (χ2n) is 12.1. The Hall–Kier alpha value is -6.32. The zero-order chi connectivity index (χ0) is 30.9. The van der Waals surface area contributed by atoms with Crippen molar-refractivity contribution in [1.82, 2.24) is 4.57 Å². The summed E-state index contributed by atoms with van der Waals surface area (Å²) in [6.07, 6.45) is 0. The van der Waals surface area contributed by atoms with E-state index >= 15 is 0 Å². The van der Waals surface area contributed by atoms with Crippen LogP contribution < -0.4 is 4.90 Å². The van der Waals surface area contributed by atoms with Crippen LogP contribution in [-0.2, 0) is 0 Å². The number of anilines is 3. The number of hydrogen-bond acceptors (Lipinski definition) is 2. The van der Waals surface area contributed by atoms with Crippen LogP contribution in [0.2, 0.25) is 0 Å². The van der Waals surface area contributed by atoms with Gasteiger partial charge in [0.15, 0.2) is 0 Å². The van der Waals surface area contributed by atoms with Crippen LogP contribution >= 0.6 is 0 Å². The van der Waals surface area contributed by atoms with Gasteiger partial charge in [0.1, 0.15) is 11.2 Å². The van der Waals surface area contributed by atoms with Crippen LogP contribution in [0.3, 0.4) is 0 Å². The maximum Gasteiger partial charge on any atom is 0.137 e. The number of fused-ring (bicyclic) bond motifs is 8. The summed E-state index contributed by atoms with van der Waals surface area (Å²) in [7, 11) is 0. The number of furan rings is 1. The monoisotopic (exact) mass is 600 g/mol. The van der Waals surface area contributed by atoms with E-state index < -0.39 is 0 Å². The highest BCUT2D eigenvalue weighted by Crippen LogP contribution is 2.47. The number of nitrogens with zero attached hydrogens (tertiary/aromatic N) is 2. The maximum atomic E-state index is 6.48. The summed E-state index contributed by atoms with van der Waals surface area (Å²) < 4.78 is 8.91. The van der Waals surface area contributed by atoms with Crippen LogP contribution in [0.5, 0.6) is 0 Å². The van der Waals surface area contributed by atoms with Gasteiger partial charge in [-0.15, -0.1) is 0 Å². The normalized spacial score (nSPS) is 11.8. The molecule has 0 aliphatic rings. The molecule has 2 heterocycles. The van der Waals surface area contributed by atoms with Gasteiger partial charge in [-0.05, 0) is 53.2 Å². The van der Waals surface area contributed by atoms with E-state index in [1.165, 1.54) is 43.4 Å². The molecule has 0 bridgehead atoms. The Morgan fingerprint density at radius 1 is 0.404 bits per heavy atom. The van der Waals surface area contributed by atoms with Crippen molar-refractivity contribution in [1.29, 1.82) is 0 Å². The lowest BCUT2D eigenvalue weighted by atomic mass is 10.0. The van der Waals surface area contributed by atoms with Gasteiger partial charge in [-0.25, -0.2) is 0 Å². The quantitative estimate of drug-likeness (QED) is 0.200. The molecule has 0 spiro atoms. The van der Waals surface area contributed by atoms with Gasteiger partial charge in [-0.3, -0.25) is 0 Å². The molecular formula is C44H28N2O. The first kappa shape index (κ1) is 26.0. The largest absolute Gasteiger partial charge is 0.456 e. The van der Waals surface area contributed by atoms with Crippen LogP contribution in [0.1, 0.15) is 0 Å². The van der Waals surface area contributed by atoms with E-state index in [1.54, 1.807) is 0 Å². The third-order valence-corrected chi connectivity index (χ3v) is 9.55. The van der Waals surface area contributed by atoms with Gasteiger partial charge >= 0.3 is 0 Å². The van der Waals surface area contributed by atoms with E-state index in [1.807, 2.05) is 12.1 Å². The zero-order valence-electron chi connectivity index (χ0n) is 25.5. The maximum absolute atomic E-state index is 6.48. The predicted octanol–water partition coefficient (Wildman–Crippen LogP) is 12.5. The molecule has 0 fully saturated rings. The standard InChI is InChI=1S/C44H28N2O/c1-3-15-32-29(12-1)14-11-22-38(32)45(31-25-26-37-36-19-7-10-23-42(36)47-43(37)28-31)44-33-16-4-2-13-30(33)24-27-41(44)46-39-20-8-5-17-34(39)35-18-6-9-21-40(35)46/h1-28H. The third kappa shape index (κ3) is 3.87. The van der Waals surface area contributed by atoms with Crippen LogP contribution in [0.25, 0.3) is 71.0 Å². The van der Waals surface area contributed by atoms with E-state index in [2.05, 4.69) is 167 Å². The van der Waals surface area contributed by atoms with Gasteiger partial charge < -0.3 is 13.9 Å². The molecule has 10 aromatic rings. The molecule has 0 saturated carbocycles. The highest BCUT2D eigenvalue weighted by atomic mass is 16.3. The molecule has 3 heteroatoms. The molecule has 0 aliphatic carbocycles. The Bertz CT molecular complexity index is 2760. The molecule has 0 N–H and O–H groups in total. The van der Waals surface area contributed by atoms with Crippen LogP contribution in [-0.4, -0.2) is 4.57 Å². The summed E-state index contributed by atoms with van der Waals surface area (Å²) in [4.78, 5) is 2.44. The third-order valence-electron chi connectivity index (χ3n) is 9.55. The molecule has 0 saturated heterocycles. The molecule has 47 heavy (non-hydrogen) atoms. The first-order chi connectivity index (χ1) is 23.3. The molecule has 2 aromatic heterocycles. The minimum Gasteiger partial charge on any atom is -0.456 e. The van der Waals surface area contributed by atoms with E-state index in [0.29, 0.717) is 0 Å². The van der Waals surface area contributed by atoms with Crippen molar-refractivity contribution in [2.75, 3.05) is 4.90 Å². The average Bonchev–Trinajstić information content (AvgIpc) is 3.67. The van der Waals surface area contributed by atoms with Gasteiger partial charge in [0.2, 0.25) is 0 Å². The fourth-order valence-corrected chi connectivity index (χ4v) is 7.49. The Morgan fingerprint density at radius 2 is 0.979 bits per heavy atom. The summed E-state index contributed by atoms with van der Waals surface area (Å²) in [5.41, 5.74) is 8.48. The predicted molar refractivity (Wildman–Crippen MR) is 198 cm³/mol. The van der Waals surface area contributed by atoms with Crippen molar-refractivity contribution < 1.29 is 4.42 Å². The van der Waals surface area contributed by atoms with E-state index in [9.17, 15) is 0 Å². The summed E-state index contributed by atoms with van der Waals surface area (Å²) in [6, 6.07) is 60.9. The van der Waals surface area contributed by atoms with Crippen molar-refractivity contribution in [3.63, 3.8) is 0 Å². The molecule has 0 radical (unpaired) electrons. The average molecular weight is 601 g/mol. The first-order valence-corrected chi connectivity index (χ1v) is 16.0. The van der Waals surface area contributed by atoms with E-state index in [0.717, 1.165) is 44.7 Å². The summed E-state index contributed by atoms with van der Waals surface area (Å²) in [6.45, 7) is 0. The van der Waals surface area contributed by atoms with Crippen LogP contribution in [0, 0.1) is 0 Å². The number of hydrogen-bond donors (Lipinski definition) is 0. The van der Waals surface area contributed by atoms with Crippen molar-refractivity contribution in [3.05, 3.63) is 170 Å². The van der Waals surface area contributed by atoms with E-state index in [4.69, 9.17) is 4.42 Å². The summed E-state index contributed by atoms with van der Waals surface area (Å²) in [5, 5.41) is 9.45. The molecule has 0 unspecified atom stereocenters. The second kappa shape index (κ2) is 10.1. The minimum atomic E-state index is 0.868. The van der Waals surface area contributed by atoms with Crippen molar-refractivity contribution >= 4 is 82.4 Å². The Kier molecular flexibility index (Phi) is 5.57. The molecule has 8 aromatic carbocycles. The first-order valence-electron chi connectivity index (χ1n) is 16.0. The van der Waals surface area contributed by atoms with Gasteiger partial charge in [0.25, 0.3) is 0 Å². The van der Waals surface area contributed by atoms with Gasteiger partial charge in [0, 0.05) is 38.4 Å². The molecule has 10 rings (SSSR count). The molecule has 0 aliphatic heterocycles. The van der Waals surface area contributed by atoms with Crippen LogP contribution in [0.15, 0.2) is 174 Å². The number of para-hydroxylation sites is 3. The van der Waals surface area contributed by atoms with Crippen LogP contribution in [0.4, 0.5) is 17.1 Å².